The van der Waals surface area contributed by atoms with E-state index in [0.717, 1.165) is 11.1 Å². The first-order chi connectivity index (χ1) is 11.4. The molecule has 0 saturated carbocycles. The van der Waals surface area contributed by atoms with E-state index < -0.39 is 10.0 Å². The van der Waals surface area contributed by atoms with Crippen molar-refractivity contribution in [2.75, 3.05) is 13.2 Å². The van der Waals surface area contributed by atoms with Crippen molar-refractivity contribution in [1.29, 1.82) is 0 Å². The fraction of sp³-hybridized carbons (Fsp3) is 0.368. The predicted molar refractivity (Wildman–Crippen MR) is 96.6 cm³/mol. The summed E-state index contributed by atoms with van der Waals surface area (Å²) in [5.41, 5.74) is 2.13. The van der Waals surface area contributed by atoms with Gasteiger partial charge in [-0.1, -0.05) is 56.3 Å². The first-order valence-corrected chi connectivity index (χ1v) is 9.68. The lowest BCUT2D eigenvalue weighted by atomic mass is 9.96. The molecule has 2 N–H and O–H groups in total. The van der Waals surface area contributed by atoms with Crippen LogP contribution in [0.2, 0.25) is 0 Å². The van der Waals surface area contributed by atoms with Gasteiger partial charge in [0.1, 0.15) is 0 Å². The molecule has 1 unspecified atom stereocenters. The summed E-state index contributed by atoms with van der Waals surface area (Å²) in [7, 11) is -3.56. The highest BCUT2D eigenvalue weighted by molar-refractivity contribution is 7.89. The maximum atomic E-state index is 12.5. The molecule has 0 saturated heterocycles. The minimum Gasteiger partial charge on any atom is -0.396 e. The van der Waals surface area contributed by atoms with Gasteiger partial charge in [-0.2, -0.15) is 0 Å². The van der Waals surface area contributed by atoms with Gasteiger partial charge >= 0.3 is 0 Å². The van der Waals surface area contributed by atoms with Crippen LogP contribution < -0.4 is 4.72 Å². The maximum absolute atomic E-state index is 12.5. The van der Waals surface area contributed by atoms with Gasteiger partial charge in [-0.25, -0.2) is 13.1 Å². The summed E-state index contributed by atoms with van der Waals surface area (Å²) in [6, 6.07) is 16.6. The van der Waals surface area contributed by atoms with Gasteiger partial charge in [-0.05, 0) is 41.5 Å². The van der Waals surface area contributed by atoms with Gasteiger partial charge in [-0.15, -0.1) is 0 Å². The molecule has 0 aromatic heterocycles. The Balaban J connectivity index is 2.10. The lowest BCUT2D eigenvalue weighted by Gasteiger charge is -2.17. The van der Waals surface area contributed by atoms with Crippen LogP contribution in [0.25, 0.3) is 0 Å². The lowest BCUT2D eigenvalue weighted by Crippen LogP contribution is -2.29. The minimum atomic E-state index is -3.56. The SMILES string of the molecule is CC(C)c1ccc(S(=O)(=O)NCC(CCO)c2ccccc2)cc1. The van der Waals surface area contributed by atoms with E-state index >= 15 is 0 Å². The molecule has 0 aliphatic heterocycles. The van der Waals surface area contributed by atoms with Crippen LogP contribution in [0.15, 0.2) is 59.5 Å². The van der Waals surface area contributed by atoms with Gasteiger partial charge in [0.25, 0.3) is 0 Å². The Morgan fingerprint density at radius 2 is 1.58 bits per heavy atom. The zero-order valence-corrected chi connectivity index (χ0v) is 15.0. The summed E-state index contributed by atoms with van der Waals surface area (Å²) in [4.78, 5) is 0.266. The fourth-order valence-corrected chi connectivity index (χ4v) is 3.67. The Labute approximate surface area is 144 Å². The molecule has 0 fully saturated rings. The molecule has 2 rings (SSSR count). The van der Waals surface area contributed by atoms with Crippen molar-refractivity contribution in [2.45, 2.75) is 37.0 Å². The summed E-state index contributed by atoms with van der Waals surface area (Å²) < 4.78 is 27.6. The highest BCUT2D eigenvalue weighted by Gasteiger charge is 2.18. The number of aliphatic hydroxyl groups is 1. The third-order valence-corrected chi connectivity index (χ3v) is 5.56. The quantitative estimate of drug-likeness (QED) is 0.770. The van der Waals surface area contributed by atoms with Crippen LogP contribution in [0.5, 0.6) is 0 Å². The van der Waals surface area contributed by atoms with Crippen molar-refractivity contribution in [3.8, 4) is 0 Å². The smallest absolute Gasteiger partial charge is 0.240 e. The number of nitrogens with one attached hydrogen (secondary N) is 1. The van der Waals surface area contributed by atoms with Crippen molar-refractivity contribution in [1.82, 2.24) is 4.72 Å². The summed E-state index contributed by atoms with van der Waals surface area (Å²) in [5.74, 6) is 0.308. The van der Waals surface area contributed by atoms with Crippen LogP contribution in [0.1, 0.15) is 43.2 Å². The Morgan fingerprint density at radius 3 is 2.12 bits per heavy atom. The van der Waals surface area contributed by atoms with Crippen molar-refractivity contribution >= 4 is 10.0 Å². The number of benzene rings is 2. The molecule has 0 amide bonds. The van der Waals surface area contributed by atoms with E-state index in [1.807, 2.05) is 42.5 Å². The van der Waals surface area contributed by atoms with Crippen molar-refractivity contribution in [3.05, 3.63) is 65.7 Å². The molecule has 5 heteroatoms. The highest BCUT2D eigenvalue weighted by Crippen LogP contribution is 2.20. The van der Waals surface area contributed by atoms with Gasteiger partial charge in [0, 0.05) is 13.2 Å². The molecular weight excluding hydrogens is 322 g/mol. The predicted octanol–water partition coefficient (Wildman–Crippen LogP) is 3.25. The van der Waals surface area contributed by atoms with Crippen molar-refractivity contribution < 1.29 is 13.5 Å². The van der Waals surface area contributed by atoms with E-state index in [0.29, 0.717) is 12.3 Å². The van der Waals surface area contributed by atoms with E-state index in [1.54, 1.807) is 12.1 Å². The van der Waals surface area contributed by atoms with E-state index in [9.17, 15) is 13.5 Å². The number of sulfonamides is 1. The fourth-order valence-electron chi connectivity index (χ4n) is 2.59. The molecule has 0 heterocycles. The number of rotatable bonds is 8. The van der Waals surface area contributed by atoms with Gasteiger partial charge < -0.3 is 5.11 Å². The third kappa shape index (κ3) is 4.90. The molecule has 0 bridgehead atoms. The highest BCUT2D eigenvalue weighted by atomic mass is 32.2. The normalized spacial score (nSPS) is 13.2. The zero-order valence-electron chi connectivity index (χ0n) is 14.1. The Kier molecular flexibility index (Phi) is 6.54. The Morgan fingerprint density at radius 1 is 0.958 bits per heavy atom. The zero-order chi connectivity index (χ0) is 17.6. The lowest BCUT2D eigenvalue weighted by molar-refractivity contribution is 0.275. The summed E-state index contributed by atoms with van der Waals surface area (Å²) in [5, 5.41) is 9.25. The Hall–Kier alpha value is -1.69. The maximum Gasteiger partial charge on any atom is 0.240 e. The van der Waals surface area contributed by atoms with Gasteiger partial charge in [0.05, 0.1) is 4.90 Å². The molecular formula is C19H25NO3S. The first kappa shape index (κ1) is 18.6. The molecule has 1 atom stereocenters. The molecule has 4 nitrogen and oxygen atoms in total. The first-order valence-electron chi connectivity index (χ1n) is 8.19. The monoisotopic (exact) mass is 347 g/mol. The molecule has 0 aliphatic carbocycles. The summed E-state index contributed by atoms with van der Waals surface area (Å²) >= 11 is 0. The van der Waals surface area contributed by atoms with Crippen LogP contribution in [-0.2, 0) is 10.0 Å². The second kappa shape index (κ2) is 8.42. The molecule has 24 heavy (non-hydrogen) atoms. The Bertz CT molecular complexity index is 725. The summed E-state index contributed by atoms with van der Waals surface area (Å²) in [6.07, 6.45) is 0.513. The second-order valence-electron chi connectivity index (χ2n) is 6.20. The second-order valence-corrected chi connectivity index (χ2v) is 7.96. The topological polar surface area (TPSA) is 66.4 Å². The van der Waals surface area contributed by atoms with Crippen LogP contribution in [0.4, 0.5) is 0 Å². The largest absolute Gasteiger partial charge is 0.396 e. The van der Waals surface area contributed by atoms with E-state index in [4.69, 9.17) is 0 Å². The molecule has 130 valence electrons. The number of hydrogen-bond acceptors (Lipinski definition) is 3. The van der Waals surface area contributed by atoms with Crippen LogP contribution in [-0.4, -0.2) is 26.7 Å². The van der Waals surface area contributed by atoms with E-state index in [2.05, 4.69) is 18.6 Å². The third-order valence-electron chi connectivity index (χ3n) is 4.13. The van der Waals surface area contributed by atoms with Gasteiger partial charge in [-0.3, -0.25) is 0 Å². The standard InChI is InChI=1S/C19H25NO3S/c1-15(2)16-8-10-19(11-9-16)24(22,23)20-14-18(12-13-21)17-6-4-3-5-7-17/h3-11,15,18,20-21H,12-14H2,1-2H3. The average Bonchev–Trinajstić information content (AvgIpc) is 2.59. The van der Waals surface area contributed by atoms with Crippen LogP contribution in [0.3, 0.4) is 0 Å². The molecule has 2 aromatic rings. The minimum absolute atomic E-state index is 0.0182. The van der Waals surface area contributed by atoms with E-state index in [-0.39, 0.29) is 24.0 Å². The van der Waals surface area contributed by atoms with Gasteiger partial charge in [0.15, 0.2) is 0 Å². The van der Waals surface area contributed by atoms with Crippen LogP contribution in [0, 0.1) is 0 Å². The van der Waals surface area contributed by atoms with Crippen molar-refractivity contribution in [3.63, 3.8) is 0 Å². The molecule has 2 aromatic carbocycles. The molecule has 0 aliphatic rings. The number of aliphatic hydroxyl groups excluding tert-OH is 1. The summed E-state index contributed by atoms with van der Waals surface area (Å²) in [6.45, 7) is 4.42. The van der Waals surface area contributed by atoms with E-state index in [1.165, 1.54) is 0 Å². The number of hydrogen-bond donors (Lipinski definition) is 2. The van der Waals surface area contributed by atoms with Gasteiger partial charge in [0.2, 0.25) is 10.0 Å². The van der Waals surface area contributed by atoms with Crippen LogP contribution >= 0.6 is 0 Å². The molecule has 0 radical (unpaired) electrons. The van der Waals surface area contributed by atoms with Crippen molar-refractivity contribution in [2.24, 2.45) is 0 Å². The average molecular weight is 347 g/mol. The molecule has 0 spiro atoms.